The van der Waals surface area contributed by atoms with Gasteiger partial charge in [0.05, 0.1) is 6.04 Å². The van der Waals surface area contributed by atoms with E-state index in [4.69, 9.17) is 4.74 Å². The molecule has 0 bridgehead atoms. The standard InChI is InChI=1S/C15H21N3O4/c1-2-13(19)16-5-3-11(4-6-16)14(20)17-7-8-18-12(9-17)10-22-15(18)21/h2,11-12H,1,3-10H2. The van der Waals surface area contributed by atoms with Crippen LogP contribution in [0.4, 0.5) is 4.79 Å². The van der Waals surface area contributed by atoms with Crippen LogP contribution in [0.5, 0.6) is 0 Å². The van der Waals surface area contributed by atoms with Crippen LogP contribution < -0.4 is 0 Å². The summed E-state index contributed by atoms with van der Waals surface area (Å²) in [5.74, 6) is 0.0456. The van der Waals surface area contributed by atoms with Gasteiger partial charge >= 0.3 is 6.09 Å². The fraction of sp³-hybridized carbons (Fsp3) is 0.667. The van der Waals surface area contributed by atoms with Crippen LogP contribution in [-0.2, 0) is 14.3 Å². The van der Waals surface area contributed by atoms with E-state index in [0.29, 0.717) is 52.2 Å². The van der Waals surface area contributed by atoms with E-state index in [-0.39, 0.29) is 29.9 Å². The molecule has 3 heterocycles. The van der Waals surface area contributed by atoms with E-state index in [1.54, 1.807) is 9.80 Å². The third-order valence-electron chi connectivity index (χ3n) is 4.76. The van der Waals surface area contributed by atoms with Crippen molar-refractivity contribution in [3.05, 3.63) is 12.7 Å². The van der Waals surface area contributed by atoms with Gasteiger partial charge in [-0.05, 0) is 18.9 Å². The normalized spacial score (nSPS) is 25.7. The van der Waals surface area contributed by atoms with Crippen LogP contribution in [0.25, 0.3) is 0 Å². The summed E-state index contributed by atoms with van der Waals surface area (Å²) in [5.41, 5.74) is 0. The molecule has 0 spiro atoms. The zero-order valence-corrected chi connectivity index (χ0v) is 12.6. The smallest absolute Gasteiger partial charge is 0.410 e. The number of nitrogens with zero attached hydrogens (tertiary/aromatic N) is 3. The van der Waals surface area contributed by atoms with Crippen molar-refractivity contribution in [3.8, 4) is 0 Å². The summed E-state index contributed by atoms with van der Waals surface area (Å²) >= 11 is 0. The van der Waals surface area contributed by atoms with Crippen molar-refractivity contribution in [3.63, 3.8) is 0 Å². The number of rotatable bonds is 2. The van der Waals surface area contributed by atoms with Gasteiger partial charge in [-0.15, -0.1) is 0 Å². The van der Waals surface area contributed by atoms with Gasteiger partial charge in [-0.2, -0.15) is 0 Å². The Morgan fingerprint density at radius 1 is 1.14 bits per heavy atom. The van der Waals surface area contributed by atoms with E-state index < -0.39 is 0 Å². The van der Waals surface area contributed by atoms with Crippen molar-refractivity contribution in [1.29, 1.82) is 0 Å². The SMILES string of the molecule is C=CC(=O)N1CCC(C(=O)N2CCN3C(=O)OCC3C2)CC1. The number of piperidine rings is 1. The van der Waals surface area contributed by atoms with Gasteiger partial charge in [-0.3, -0.25) is 14.5 Å². The third kappa shape index (κ3) is 2.67. The highest BCUT2D eigenvalue weighted by atomic mass is 16.6. The average Bonchev–Trinajstić information content (AvgIpc) is 2.94. The minimum atomic E-state index is -0.270. The zero-order chi connectivity index (χ0) is 15.7. The second-order valence-electron chi connectivity index (χ2n) is 6.01. The number of fused-ring (bicyclic) bond motifs is 1. The number of carbonyl (C=O) groups is 3. The number of ether oxygens (including phenoxy) is 1. The Morgan fingerprint density at radius 2 is 1.86 bits per heavy atom. The Bertz CT molecular complexity index is 499. The number of piperazine rings is 1. The van der Waals surface area contributed by atoms with Gasteiger partial charge < -0.3 is 14.5 Å². The molecule has 3 fully saturated rings. The second-order valence-corrected chi connectivity index (χ2v) is 6.01. The lowest BCUT2D eigenvalue weighted by atomic mass is 9.94. The van der Waals surface area contributed by atoms with Crippen LogP contribution >= 0.6 is 0 Å². The van der Waals surface area contributed by atoms with Crippen molar-refractivity contribution >= 4 is 17.9 Å². The first kappa shape index (κ1) is 14.9. The number of carbonyl (C=O) groups excluding carboxylic acids is 3. The largest absolute Gasteiger partial charge is 0.447 e. The van der Waals surface area contributed by atoms with Crippen molar-refractivity contribution in [2.75, 3.05) is 39.3 Å². The van der Waals surface area contributed by atoms with Crippen LogP contribution in [0.3, 0.4) is 0 Å². The molecule has 3 aliphatic heterocycles. The quantitative estimate of drug-likeness (QED) is 0.677. The third-order valence-corrected chi connectivity index (χ3v) is 4.76. The van der Waals surface area contributed by atoms with Crippen LogP contribution in [0, 0.1) is 5.92 Å². The molecule has 1 unspecified atom stereocenters. The van der Waals surface area contributed by atoms with Crippen molar-refractivity contribution in [2.24, 2.45) is 5.92 Å². The number of cyclic esters (lactones) is 1. The lowest BCUT2D eigenvalue weighted by molar-refractivity contribution is -0.141. The minimum absolute atomic E-state index is 0.00682. The molecule has 1 atom stereocenters. The van der Waals surface area contributed by atoms with Gasteiger partial charge in [-0.25, -0.2) is 4.79 Å². The second kappa shape index (κ2) is 5.98. The van der Waals surface area contributed by atoms with Gasteiger partial charge in [0.1, 0.15) is 6.61 Å². The molecule has 3 rings (SSSR count). The predicted octanol–water partition coefficient (Wildman–Crippen LogP) is 0.0740. The Labute approximate surface area is 129 Å². The van der Waals surface area contributed by atoms with E-state index >= 15 is 0 Å². The molecule has 0 radical (unpaired) electrons. The van der Waals surface area contributed by atoms with E-state index in [0.717, 1.165) is 0 Å². The highest BCUT2D eigenvalue weighted by Crippen LogP contribution is 2.23. The van der Waals surface area contributed by atoms with Gasteiger partial charge in [0.25, 0.3) is 0 Å². The van der Waals surface area contributed by atoms with Crippen molar-refractivity contribution in [1.82, 2.24) is 14.7 Å². The molecule has 0 aromatic carbocycles. The Morgan fingerprint density at radius 3 is 2.55 bits per heavy atom. The maximum Gasteiger partial charge on any atom is 0.410 e. The molecule has 0 N–H and O–H groups in total. The summed E-state index contributed by atoms with van der Waals surface area (Å²) < 4.78 is 5.02. The lowest BCUT2D eigenvalue weighted by Gasteiger charge is -2.39. The zero-order valence-electron chi connectivity index (χ0n) is 12.6. The van der Waals surface area contributed by atoms with Gasteiger partial charge in [0.15, 0.2) is 0 Å². The maximum absolute atomic E-state index is 12.6. The molecular weight excluding hydrogens is 286 g/mol. The molecule has 0 aromatic heterocycles. The van der Waals surface area contributed by atoms with Gasteiger partial charge in [0, 0.05) is 38.6 Å². The molecular formula is C15H21N3O4. The molecule has 3 amide bonds. The summed E-state index contributed by atoms with van der Waals surface area (Å²) in [6.45, 7) is 6.73. The molecule has 3 saturated heterocycles. The molecule has 3 aliphatic rings. The lowest BCUT2D eigenvalue weighted by Crippen LogP contribution is -2.55. The maximum atomic E-state index is 12.6. The topological polar surface area (TPSA) is 70.2 Å². The first-order valence-electron chi connectivity index (χ1n) is 7.73. The van der Waals surface area contributed by atoms with Crippen LogP contribution in [0.2, 0.25) is 0 Å². The van der Waals surface area contributed by atoms with Crippen LogP contribution in [0.1, 0.15) is 12.8 Å². The summed E-state index contributed by atoms with van der Waals surface area (Å²) in [6, 6.07) is -0.00682. The molecule has 22 heavy (non-hydrogen) atoms. The number of hydrogen-bond donors (Lipinski definition) is 0. The molecule has 0 saturated carbocycles. The first-order valence-corrected chi connectivity index (χ1v) is 7.73. The van der Waals surface area contributed by atoms with E-state index in [9.17, 15) is 14.4 Å². The fourth-order valence-corrected chi connectivity index (χ4v) is 3.42. The number of amides is 3. The average molecular weight is 307 g/mol. The van der Waals surface area contributed by atoms with Gasteiger partial charge in [-0.1, -0.05) is 6.58 Å². The summed E-state index contributed by atoms with van der Waals surface area (Å²) in [6.07, 6.45) is 2.43. The van der Waals surface area contributed by atoms with Crippen molar-refractivity contribution < 1.29 is 19.1 Å². The Kier molecular flexibility index (Phi) is 4.04. The molecule has 7 nitrogen and oxygen atoms in total. The Hall–Kier alpha value is -2.05. The highest BCUT2D eigenvalue weighted by Gasteiger charge is 2.40. The summed E-state index contributed by atoms with van der Waals surface area (Å²) in [4.78, 5) is 40.9. The Balaban J connectivity index is 1.54. The molecule has 0 aromatic rings. The van der Waals surface area contributed by atoms with E-state index in [1.807, 2.05) is 4.90 Å². The molecule has 7 heteroatoms. The van der Waals surface area contributed by atoms with Crippen LogP contribution in [-0.4, -0.2) is 78.0 Å². The van der Waals surface area contributed by atoms with Crippen molar-refractivity contribution in [2.45, 2.75) is 18.9 Å². The fourth-order valence-electron chi connectivity index (χ4n) is 3.42. The number of likely N-dealkylation sites (tertiary alicyclic amines) is 1. The summed E-state index contributed by atoms with van der Waals surface area (Å²) in [5, 5.41) is 0. The van der Waals surface area contributed by atoms with Crippen LogP contribution in [0.15, 0.2) is 12.7 Å². The van der Waals surface area contributed by atoms with Gasteiger partial charge in [0.2, 0.25) is 11.8 Å². The number of hydrogen-bond acceptors (Lipinski definition) is 4. The monoisotopic (exact) mass is 307 g/mol. The minimum Gasteiger partial charge on any atom is -0.447 e. The van der Waals surface area contributed by atoms with E-state index in [1.165, 1.54) is 6.08 Å². The molecule has 120 valence electrons. The first-order chi connectivity index (χ1) is 10.6. The summed E-state index contributed by atoms with van der Waals surface area (Å²) in [7, 11) is 0. The predicted molar refractivity (Wildman–Crippen MR) is 77.9 cm³/mol. The highest BCUT2D eigenvalue weighted by molar-refractivity contribution is 5.87. The van der Waals surface area contributed by atoms with E-state index in [2.05, 4.69) is 6.58 Å². The molecule has 0 aliphatic carbocycles.